The summed E-state index contributed by atoms with van der Waals surface area (Å²) in [5.74, 6) is -0.325. The number of H-pyrrole nitrogens is 1. The van der Waals surface area contributed by atoms with Crippen LogP contribution >= 0.6 is 0 Å². The number of anilines is 2. The average molecular weight is 432 g/mol. The van der Waals surface area contributed by atoms with Gasteiger partial charge in [0.2, 0.25) is 17.7 Å². The van der Waals surface area contributed by atoms with Crippen LogP contribution in [0.5, 0.6) is 11.6 Å². The average Bonchev–Trinajstić information content (AvgIpc) is 3.48. The predicted octanol–water partition coefficient (Wildman–Crippen LogP) is 3.64. The lowest BCUT2D eigenvalue weighted by Crippen LogP contribution is -2.35. The van der Waals surface area contributed by atoms with E-state index in [0.717, 1.165) is 0 Å². The van der Waals surface area contributed by atoms with Crippen molar-refractivity contribution >= 4 is 34.2 Å². The normalized spacial score (nSPS) is 14.0. The zero-order valence-corrected chi connectivity index (χ0v) is 16.6. The van der Waals surface area contributed by atoms with Crippen LogP contribution in [0.25, 0.3) is 11.0 Å². The summed E-state index contributed by atoms with van der Waals surface area (Å²) in [5, 5.41) is 12.8. The summed E-state index contributed by atoms with van der Waals surface area (Å²) < 4.78 is 18.8. The first-order valence-electron chi connectivity index (χ1n) is 9.84. The highest BCUT2D eigenvalue weighted by Gasteiger charge is 2.56. The van der Waals surface area contributed by atoms with Crippen LogP contribution in [-0.2, 0) is 9.59 Å². The molecule has 0 spiro atoms. The second-order valence-corrected chi connectivity index (χ2v) is 7.43. The Morgan fingerprint density at radius 2 is 1.56 bits per heavy atom. The number of carbonyl (C=O) groups is 2. The summed E-state index contributed by atoms with van der Waals surface area (Å²) in [6, 6.07) is 12.1. The predicted molar refractivity (Wildman–Crippen MR) is 114 cm³/mol. The minimum atomic E-state index is -1.13. The number of carbonyl (C=O) groups excluding carboxylic acids is 2. The van der Waals surface area contributed by atoms with Crippen LogP contribution in [0.4, 0.5) is 15.8 Å². The van der Waals surface area contributed by atoms with Crippen molar-refractivity contribution in [2.24, 2.45) is 5.41 Å². The molecule has 0 unspecified atom stereocenters. The number of amides is 2. The van der Waals surface area contributed by atoms with E-state index in [1.807, 2.05) is 0 Å². The van der Waals surface area contributed by atoms with E-state index in [1.54, 1.807) is 30.5 Å². The van der Waals surface area contributed by atoms with Gasteiger partial charge in [-0.2, -0.15) is 5.10 Å². The molecule has 9 nitrogen and oxygen atoms in total. The van der Waals surface area contributed by atoms with Gasteiger partial charge in [-0.15, -0.1) is 0 Å². The Morgan fingerprint density at radius 3 is 2.19 bits per heavy atom. The summed E-state index contributed by atoms with van der Waals surface area (Å²) in [6.45, 7) is 0. The highest BCUT2D eigenvalue weighted by Crippen LogP contribution is 2.47. The molecule has 1 fully saturated rings. The fourth-order valence-corrected chi connectivity index (χ4v) is 3.26. The van der Waals surface area contributed by atoms with Crippen LogP contribution in [0.3, 0.4) is 0 Å². The van der Waals surface area contributed by atoms with Crippen molar-refractivity contribution in [1.29, 1.82) is 0 Å². The van der Waals surface area contributed by atoms with Crippen molar-refractivity contribution in [3.05, 3.63) is 66.9 Å². The first-order valence-corrected chi connectivity index (χ1v) is 9.84. The van der Waals surface area contributed by atoms with Crippen LogP contribution in [-0.4, -0.2) is 32.0 Å². The lowest BCUT2D eigenvalue weighted by Gasteiger charge is -2.16. The molecule has 2 aromatic carbocycles. The summed E-state index contributed by atoms with van der Waals surface area (Å²) >= 11 is 0. The van der Waals surface area contributed by atoms with Crippen LogP contribution in [0.15, 0.2) is 61.1 Å². The van der Waals surface area contributed by atoms with E-state index in [4.69, 9.17) is 4.74 Å². The number of ether oxygens (including phenoxy) is 1. The smallest absolute Gasteiger partial charge is 0.240 e. The maximum atomic E-state index is 13.0. The fraction of sp³-hybridized carbons (Fsp3) is 0.136. The van der Waals surface area contributed by atoms with Gasteiger partial charge >= 0.3 is 0 Å². The highest BCUT2D eigenvalue weighted by molar-refractivity contribution is 6.16. The van der Waals surface area contributed by atoms with E-state index in [2.05, 4.69) is 30.8 Å². The Bertz CT molecular complexity index is 1300. The number of fused-ring (bicyclic) bond motifs is 1. The third kappa shape index (κ3) is 3.73. The molecule has 0 radical (unpaired) electrons. The molecule has 32 heavy (non-hydrogen) atoms. The lowest BCUT2D eigenvalue weighted by atomic mass is 10.0. The number of nitrogens with zero attached hydrogens (tertiary/aromatic N) is 3. The van der Waals surface area contributed by atoms with Crippen LogP contribution in [0.2, 0.25) is 0 Å². The molecule has 0 bridgehead atoms. The Kier molecular flexibility index (Phi) is 4.74. The van der Waals surface area contributed by atoms with Gasteiger partial charge in [0.15, 0.2) is 5.65 Å². The Balaban J connectivity index is 1.24. The molecule has 3 N–H and O–H groups in total. The molecule has 0 atom stereocenters. The Hall–Kier alpha value is -4.34. The molecule has 0 aliphatic heterocycles. The molecule has 160 valence electrons. The third-order valence-electron chi connectivity index (χ3n) is 5.26. The standard InChI is InChI=1S/C22H17FN6O3/c23-13-1-3-14(4-2-13)27-20(30)22(9-10-22)21(31)28-15-5-7-16(8-6-15)32-19-17-11-26-29-18(17)24-12-25-19/h1-8,11-12H,9-10H2,(H,27,30)(H,28,31)(H,24,25,26,29). The van der Waals surface area contributed by atoms with Gasteiger partial charge in [0.1, 0.15) is 28.7 Å². The van der Waals surface area contributed by atoms with E-state index in [1.165, 1.54) is 30.6 Å². The Morgan fingerprint density at radius 1 is 0.938 bits per heavy atom. The first kappa shape index (κ1) is 19.6. The molecule has 2 heterocycles. The van der Waals surface area contributed by atoms with Crippen molar-refractivity contribution in [3.63, 3.8) is 0 Å². The van der Waals surface area contributed by atoms with Gasteiger partial charge in [-0.25, -0.2) is 14.4 Å². The van der Waals surface area contributed by atoms with E-state index >= 15 is 0 Å². The number of aromatic nitrogens is 4. The molecule has 2 aromatic heterocycles. The monoisotopic (exact) mass is 432 g/mol. The third-order valence-corrected chi connectivity index (χ3v) is 5.26. The maximum Gasteiger partial charge on any atom is 0.240 e. The molecule has 5 rings (SSSR count). The summed E-state index contributed by atoms with van der Waals surface area (Å²) in [5.41, 5.74) is 0.400. The van der Waals surface area contributed by atoms with Crippen LogP contribution < -0.4 is 15.4 Å². The molecule has 2 amide bonds. The largest absolute Gasteiger partial charge is 0.438 e. The Labute approximate surface area is 181 Å². The fourth-order valence-electron chi connectivity index (χ4n) is 3.26. The van der Waals surface area contributed by atoms with Gasteiger partial charge in [-0.05, 0) is 61.4 Å². The van der Waals surface area contributed by atoms with E-state index < -0.39 is 17.1 Å². The van der Waals surface area contributed by atoms with Crippen molar-refractivity contribution in [2.45, 2.75) is 12.8 Å². The highest BCUT2D eigenvalue weighted by atomic mass is 19.1. The van der Waals surface area contributed by atoms with E-state index in [-0.39, 0.29) is 5.91 Å². The van der Waals surface area contributed by atoms with Crippen molar-refractivity contribution < 1.29 is 18.7 Å². The molecule has 0 saturated heterocycles. The van der Waals surface area contributed by atoms with Gasteiger partial charge in [0.25, 0.3) is 0 Å². The molecule has 4 aromatic rings. The van der Waals surface area contributed by atoms with Crippen molar-refractivity contribution in [2.75, 3.05) is 10.6 Å². The number of nitrogens with one attached hydrogen (secondary N) is 3. The summed E-state index contributed by atoms with van der Waals surface area (Å²) in [4.78, 5) is 33.6. The topological polar surface area (TPSA) is 122 Å². The number of hydrogen-bond acceptors (Lipinski definition) is 6. The molecule has 10 heteroatoms. The second-order valence-electron chi connectivity index (χ2n) is 7.43. The molecular weight excluding hydrogens is 415 g/mol. The van der Waals surface area contributed by atoms with Crippen molar-refractivity contribution in [3.8, 4) is 11.6 Å². The zero-order valence-electron chi connectivity index (χ0n) is 16.6. The summed E-state index contributed by atoms with van der Waals surface area (Å²) in [7, 11) is 0. The van der Waals surface area contributed by atoms with Gasteiger partial charge in [-0.3, -0.25) is 14.7 Å². The van der Waals surface area contributed by atoms with E-state index in [9.17, 15) is 14.0 Å². The molecule has 1 saturated carbocycles. The van der Waals surface area contributed by atoms with Gasteiger partial charge in [0.05, 0.1) is 6.20 Å². The minimum Gasteiger partial charge on any atom is -0.438 e. The number of aromatic amines is 1. The van der Waals surface area contributed by atoms with Crippen LogP contribution in [0.1, 0.15) is 12.8 Å². The van der Waals surface area contributed by atoms with Crippen molar-refractivity contribution in [1.82, 2.24) is 20.2 Å². The number of hydrogen-bond donors (Lipinski definition) is 3. The van der Waals surface area contributed by atoms with Gasteiger partial charge in [-0.1, -0.05) is 0 Å². The van der Waals surface area contributed by atoms with Crippen LogP contribution in [0, 0.1) is 11.2 Å². The first-order chi connectivity index (χ1) is 15.5. The summed E-state index contributed by atoms with van der Waals surface area (Å²) in [6.07, 6.45) is 3.84. The number of rotatable bonds is 6. The second kappa shape index (κ2) is 7.73. The number of halogens is 1. The minimum absolute atomic E-state index is 0.356. The molecular formula is C22H17FN6O3. The lowest BCUT2D eigenvalue weighted by molar-refractivity contribution is -0.131. The molecule has 1 aliphatic rings. The van der Waals surface area contributed by atoms with Gasteiger partial charge in [0, 0.05) is 11.4 Å². The zero-order chi connectivity index (χ0) is 22.1. The maximum absolute atomic E-state index is 13.0. The number of benzene rings is 2. The van der Waals surface area contributed by atoms with Gasteiger partial charge < -0.3 is 15.4 Å². The quantitative estimate of drug-likeness (QED) is 0.400. The molecule has 1 aliphatic carbocycles. The van der Waals surface area contributed by atoms with E-state index in [0.29, 0.717) is 46.9 Å². The SMILES string of the molecule is O=C(Nc1ccc(F)cc1)C1(C(=O)Nc2ccc(Oc3ncnc4[nH]ncc34)cc2)CC1.